The van der Waals surface area contributed by atoms with Gasteiger partial charge in [-0.2, -0.15) is 16.4 Å². The molecule has 3 aromatic rings. The maximum absolute atomic E-state index is 10.7. The van der Waals surface area contributed by atoms with Gasteiger partial charge in [-0.05, 0) is 67.8 Å². The van der Waals surface area contributed by atoms with Crippen LogP contribution < -0.4 is 10.6 Å². The molecule has 0 saturated heterocycles. The first-order valence-corrected chi connectivity index (χ1v) is 10.6. The van der Waals surface area contributed by atoms with Gasteiger partial charge in [0.05, 0.1) is 18.8 Å². The predicted molar refractivity (Wildman–Crippen MR) is 118 cm³/mol. The van der Waals surface area contributed by atoms with Crippen molar-refractivity contribution in [3.8, 4) is 5.82 Å². The van der Waals surface area contributed by atoms with Crippen molar-refractivity contribution in [1.29, 1.82) is 0 Å². The molecule has 0 bridgehead atoms. The molecule has 1 unspecified atom stereocenters. The summed E-state index contributed by atoms with van der Waals surface area (Å²) >= 11 is 1.57. The number of pyridine rings is 1. The number of aliphatic imine (C=N–C) groups is 1. The largest absolute Gasteiger partial charge is 0.384 e. The molecule has 3 rings (SSSR count). The molecular weight excluding hydrogens is 384 g/mol. The molecule has 0 aliphatic rings. The fourth-order valence-electron chi connectivity index (χ4n) is 2.94. The van der Waals surface area contributed by atoms with Gasteiger partial charge < -0.3 is 15.7 Å². The van der Waals surface area contributed by atoms with Crippen LogP contribution in [0.5, 0.6) is 0 Å². The van der Waals surface area contributed by atoms with E-state index in [-0.39, 0.29) is 0 Å². The first-order chi connectivity index (χ1) is 13.9. The molecule has 0 spiro atoms. The van der Waals surface area contributed by atoms with Gasteiger partial charge in [0.25, 0.3) is 0 Å². The predicted octanol–water partition coefficient (Wildman–Crippen LogP) is 2.91. The minimum atomic E-state index is -0.959. The zero-order valence-corrected chi connectivity index (χ0v) is 18.1. The van der Waals surface area contributed by atoms with Crippen LogP contribution in [0.2, 0.25) is 0 Å². The van der Waals surface area contributed by atoms with Crippen LogP contribution in [0, 0.1) is 13.8 Å². The molecule has 8 heteroatoms. The molecule has 0 saturated carbocycles. The van der Waals surface area contributed by atoms with Crippen molar-refractivity contribution in [2.45, 2.75) is 39.8 Å². The molecule has 0 aliphatic heterocycles. The highest BCUT2D eigenvalue weighted by Crippen LogP contribution is 2.22. The quantitative estimate of drug-likeness (QED) is 0.410. The van der Waals surface area contributed by atoms with Gasteiger partial charge in [0, 0.05) is 18.4 Å². The summed E-state index contributed by atoms with van der Waals surface area (Å²) in [6.45, 7) is 9.38. The summed E-state index contributed by atoms with van der Waals surface area (Å²) in [5.41, 5.74) is 2.96. The topological polar surface area (TPSA) is 87.4 Å². The molecule has 0 aliphatic carbocycles. The van der Waals surface area contributed by atoms with Gasteiger partial charge in [-0.15, -0.1) is 0 Å². The van der Waals surface area contributed by atoms with E-state index in [0.717, 1.165) is 34.9 Å². The SMILES string of the molecule is CCNC(=NCc1ccc(-n2nc(C)cc2C)nc1)NCC(C)(O)c1ccsc1. The van der Waals surface area contributed by atoms with Crippen LogP contribution >= 0.6 is 11.3 Å². The number of nitrogens with zero attached hydrogens (tertiary/aromatic N) is 4. The van der Waals surface area contributed by atoms with E-state index in [9.17, 15) is 5.11 Å². The highest BCUT2D eigenvalue weighted by atomic mass is 32.1. The number of guanidine groups is 1. The van der Waals surface area contributed by atoms with Gasteiger partial charge in [-0.3, -0.25) is 0 Å². The number of thiophene rings is 1. The summed E-state index contributed by atoms with van der Waals surface area (Å²) in [7, 11) is 0. The lowest BCUT2D eigenvalue weighted by atomic mass is 9.99. The van der Waals surface area contributed by atoms with Gasteiger partial charge >= 0.3 is 0 Å². The minimum absolute atomic E-state index is 0.366. The van der Waals surface area contributed by atoms with Crippen LogP contribution in [0.1, 0.15) is 36.4 Å². The molecule has 0 radical (unpaired) electrons. The van der Waals surface area contributed by atoms with Crippen LogP contribution in [0.4, 0.5) is 0 Å². The molecule has 154 valence electrons. The molecule has 3 aromatic heterocycles. The van der Waals surface area contributed by atoms with Gasteiger partial charge in [0.2, 0.25) is 0 Å². The van der Waals surface area contributed by atoms with Gasteiger partial charge in [0.1, 0.15) is 5.60 Å². The lowest BCUT2D eigenvalue weighted by Gasteiger charge is -2.24. The van der Waals surface area contributed by atoms with Crippen LogP contribution in [0.25, 0.3) is 5.82 Å². The van der Waals surface area contributed by atoms with Crippen LogP contribution in [-0.2, 0) is 12.1 Å². The van der Waals surface area contributed by atoms with Crippen molar-refractivity contribution < 1.29 is 5.11 Å². The third kappa shape index (κ3) is 5.42. The molecule has 3 heterocycles. The third-order valence-corrected chi connectivity index (χ3v) is 5.23. The highest BCUT2D eigenvalue weighted by molar-refractivity contribution is 7.08. The Bertz CT molecular complexity index is 944. The van der Waals surface area contributed by atoms with Crippen molar-refractivity contribution in [1.82, 2.24) is 25.4 Å². The standard InChI is InChI=1S/C21H28N6OS/c1-5-22-20(25-14-21(4,28)18-8-9-29-13-18)24-12-17-6-7-19(23-11-17)27-16(3)10-15(2)26-27/h6-11,13,28H,5,12,14H2,1-4H3,(H2,22,24,25). The Kier molecular flexibility index (Phi) is 6.66. The number of aromatic nitrogens is 3. The van der Waals surface area contributed by atoms with Gasteiger partial charge in [-0.1, -0.05) is 6.07 Å². The zero-order chi connectivity index (χ0) is 20.9. The van der Waals surface area contributed by atoms with E-state index in [4.69, 9.17) is 0 Å². The highest BCUT2D eigenvalue weighted by Gasteiger charge is 2.23. The number of aryl methyl sites for hydroxylation is 2. The van der Waals surface area contributed by atoms with E-state index in [1.54, 1.807) is 18.3 Å². The second-order valence-corrected chi connectivity index (χ2v) is 7.98. The summed E-state index contributed by atoms with van der Waals surface area (Å²) in [4.78, 5) is 9.13. The Morgan fingerprint density at radius 3 is 2.69 bits per heavy atom. The Labute approximate surface area is 175 Å². The Balaban J connectivity index is 1.64. The normalized spacial score (nSPS) is 13.9. The number of hydrogen-bond acceptors (Lipinski definition) is 5. The van der Waals surface area contributed by atoms with Crippen molar-refractivity contribution in [3.05, 3.63) is 63.7 Å². The average molecular weight is 413 g/mol. The Morgan fingerprint density at radius 1 is 1.28 bits per heavy atom. The number of rotatable bonds is 7. The van der Waals surface area contributed by atoms with Crippen molar-refractivity contribution in [3.63, 3.8) is 0 Å². The number of aliphatic hydroxyl groups is 1. The minimum Gasteiger partial charge on any atom is -0.384 e. The van der Waals surface area contributed by atoms with Crippen molar-refractivity contribution in [2.75, 3.05) is 13.1 Å². The summed E-state index contributed by atoms with van der Waals surface area (Å²) in [6.07, 6.45) is 1.82. The first-order valence-electron chi connectivity index (χ1n) is 9.65. The molecule has 0 aromatic carbocycles. The smallest absolute Gasteiger partial charge is 0.191 e. The Morgan fingerprint density at radius 2 is 2.10 bits per heavy atom. The molecule has 0 fully saturated rings. The third-order valence-electron chi connectivity index (χ3n) is 4.54. The van der Waals surface area contributed by atoms with Gasteiger partial charge in [0.15, 0.2) is 11.8 Å². The second kappa shape index (κ2) is 9.19. The van der Waals surface area contributed by atoms with E-state index < -0.39 is 5.60 Å². The molecule has 1 atom stereocenters. The monoisotopic (exact) mass is 412 g/mol. The second-order valence-electron chi connectivity index (χ2n) is 7.20. The van der Waals surface area contributed by atoms with E-state index >= 15 is 0 Å². The van der Waals surface area contributed by atoms with Crippen LogP contribution in [0.3, 0.4) is 0 Å². The summed E-state index contributed by atoms with van der Waals surface area (Å²) in [5.74, 6) is 1.45. The van der Waals surface area contributed by atoms with Crippen LogP contribution in [0.15, 0.2) is 46.2 Å². The lowest BCUT2D eigenvalue weighted by Crippen LogP contribution is -2.44. The fraction of sp³-hybridized carbons (Fsp3) is 0.381. The van der Waals surface area contributed by atoms with E-state index in [1.165, 1.54) is 0 Å². The molecule has 3 N–H and O–H groups in total. The maximum Gasteiger partial charge on any atom is 0.191 e. The van der Waals surface area contributed by atoms with Crippen molar-refractivity contribution >= 4 is 17.3 Å². The van der Waals surface area contributed by atoms with E-state index in [2.05, 4.69) is 25.7 Å². The average Bonchev–Trinajstić information content (AvgIpc) is 3.35. The Hall–Kier alpha value is -2.71. The number of hydrogen-bond donors (Lipinski definition) is 3. The fourth-order valence-corrected chi connectivity index (χ4v) is 3.72. The van der Waals surface area contributed by atoms with E-state index in [0.29, 0.717) is 19.0 Å². The van der Waals surface area contributed by atoms with Crippen LogP contribution in [-0.4, -0.2) is 38.9 Å². The number of nitrogens with one attached hydrogen (secondary N) is 2. The molecule has 29 heavy (non-hydrogen) atoms. The van der Waals surface area contributed by atoms with Gasteiger partial charge in [-0.25, -0.2) is 14.7 Å². The lowest BCUT2D eigenvalue weighted by molar-refractivity contribution is 0.0621. The molecular formula is C21H28N6OS. The van der Waals surface area contributed by atoms with Crippen molar-refractivity contribution in [2.24, 2.45) is 4.99 Å². The molecule has 0 amide bonds. The summed E-state index contributed by atoms with van der Waals surface area (Å²) in [6, 6.07) is 7.92. The molecule has 7 nitrogen and oxygen atoms in total. The zero-order valence-electron chi connectivity index (χ0n) is 17.3. The first kappa shape index (κ1) is 21.0. The maximum atomic E-state index is 10.7. The summed E-state index contributed by atoms with van der Waals surface area (Å²) < 4.78 is 1.83. The summed E-state index contributed by atoms with van der Waals surface area (Å²) in [5, 5.41) is 25.5. The van der Waals surface area contributed by atoms with E-state index in [1.807, 2.05) is 66.7 Å².